The zero-order valence-corrected chi connectivity index (χ0v) is 10.4. The van der Waals surface area contributed by atoms with E-state index < -0.39 is 18.4 Å². The van der Waals surface area contributed by atoms with E-state index in [0.717, 1.165) is 0 Å². The van der Waals surface area contributed by atoms with E-state index in [1.54, 1.807) is 6.92 Å². The number of aromatic nitrogens is 3. The first-order valence-electron chi connectivity index (χ1n) is 5.84. The quantitative estimate of drug-likeness (QED) is 0.647. The number of halogens is 4. The predicted molar refractivity (Wildman–Crippen MR) is 63.2 cm³/mol. The van der Waals surface area contributed by atoms with Gasteiger partial charge in [0.15, 0.2) is 0 Å². The lowest BCUT2D eigenvalue weighted by molar-refractivity contribution is -0.159. The Morgan fingerprint density at radius 2 is 2.15 bits per heavy atom. The molecule has 106 valence electrons. The van der Waals surface area contributed by atoms with Gasteiger partial charge in [-0.25, -0.2) is 9.07 Å². The fourth-order valence-corrected chi connectivity index (χ4v) is 2.35. The van der Waals surface area contributed by atoms with E-state index in [1.807, 2.05) is 0 Å². The third-order valence-corrected chi connectivity index (χ3v) is 3.06. The Morgan fingerprint density at radius 1 is 1.40 bits per heavy atom. The minimum atomic E-state index is -4.64. The van der Waals surface area contributed by atoms with Crippen molar-refractivity contribution >= 4 is 5.82 Å². The van der Waals surface area contributed by atoms with Crippen molar-refractivity contribution in [1.29, 1.82) is 0 Å². The van der Waals surface area contributed by atoms with Gasteiger partial charge in [0, 0.05) is 17.8 Å². The third kappa shape index (κ3) is 2.00. The van der Waals surface area contributed by atoms with Crippen molar-refractivity contribution in [2.45, 2.75) is 25.3 Å². The summed E-state index contributed by atoms with van der Waals surface area (Å²) in [6.07, 6.45) is -3.70. The average Bonchev–Trinajstić information content (AvgIpc) is 2.67. The highest BCUT2D eigenvalue weighted by molar-refractivity contribution is 5.58. The molecule has 1 N–H and O–H groups in total. The van der Waals surface area contributed by atoms with Gasteiger partial charge in [0.25, 0.3) is 0 Å². The smallest absolute Gasteiger partial charge is 0.334 e. The third-order valence-electron chi connectivity index (χ3n) is 3.06. The first-order valence-corrected chi connectivity index (χ1v) is 5.84. The molecule has 3 rings (SSSR count). The SMILES string of the molecule is Cc1cc2n(n1)-c1cnccc1C(F)(CC(F)(F)F)N2. The molecule has 0 amide bonds. The van der Waals surface area contributed by atoms with E-state index in [1.165, 1.54) is 29.2 Å². The molecule has 1 unspecified atom stereocenters. The monoisotopic (exact) mass is 286 g/mol. The van der Waals surface area contributed by atoms with Crippen LogP contribution in [0.15, 0.2) is 24.5 Å². The number of pyridine rings is 1. The van der Waals surface area contributed by atoms with Crippen molar-refractivity contribution in [3.63, 3.8) is 0 Å². The molecule has 0 bridgehead atoms. The summed E-state index contributed by atoms with van der Waals surface area (Å²) in [6, 6.07) is 2.72. The molecular weight excluding hydrogens is 276 g/mol. The lowest BCUT2D eigenvalue weighted by Crippen LogP contribution is -2.40. The second-order valence-electron chi connectivity index (χ2n) is 4.69. The molecule has 0 saturated carbocycles. The maximum absolute atomic E-state index is 14.8. The normalized spacial score (nSPS) is 21.1. The molecular formula is C12H10F4N4. The second kappa shape index (κ2) is 3.94. The minimum absolute atomic E-state index is 0.125. The molecule has 0 spiro atoms. The van der Waals surface area contributed by atoms with Gasteiger partial charge < -0.3 is 5.32 Å². The summed E-state index contributed by atoms with van der Waals surface area (Å²) in [4.78, 5) is 3.83. The first-order chi connectivity index (χ1) is 9.28. The van der Waals surface area contributed by atoms with Crippen LogP contribution >= 0.6 is 0 Å². The van der Waals surface area contributed by atoms with Crippen LogP contribution in [0.2, 0.25) is 0 Å². The largest absolute Gasteiger partial charge is 0.394 e. The predicted octanol–water partition coefficient (Wildman–Crippen LogP) is 3.08. The van der Waals surface area contributed by atoms with E-state index in [2.05, 4.69) is 15.4 Å². The van der Waals surface area contributed by atoms with Crippen molar-refractivity contribution < 1.29 is 17.6 Å². The van der Waals surface area contributed by atoms with Gasteiger partial charge in [0.2, 0.25) is 5.79 Å². The van der Waals surface area contributed by atoms with Crippen LogP contribution in [0.25, 0.3) is 5.69 Å². The summed E-state index contributed by atoms with van der Waals surface area (Å²) in [5.74, 6) is -2.55. The number of fused-ring (bicyclic) bond motifs is 3. The lowest BCUT2D eigenvalue weighted by atomic mass is 9.98. The van der Waals surface area contributed by atoms with Gasteiger partial charge in [-0.05, 0) is 13.0 Å². The Morgan fingerprint density at radius 3 is 2.85 bits per heavy atom. The summed E-state index contributed by atoms with van der Waals surface area (Å²) in [6.45, 7) is 1.67. The average molecular weight is 286 g/mol. The van der Waals surface area contributed by atoms with Crippen LogP contribution < -0.4 is 5.32 Å². The number of hydrogen-bond acceptors (Lipinski definition) is 3. The van der Waals surface area contributed by atoms with Crippen LogP contribution in [0.4, 0.5) is 23.4 Å². The Labute approximate surface area is 111 Å². The van der Waals surface area contributed by atoms with Crippen LogP contribution in [0.5, 0.6) is 0 Å². The van der Waals surface area contributed by atoms with Gasteiger partial charge in [0.1, 0.15) is 12.2 Å². The highest BCUT2D eigenvalue weighted by atomic mass is 19.4. The standard InChI is InChI=1S/C12H10F4N4/c1-7-4-10-18-11(13,6-12(14,15)16)8-2-3-17-5-9(8)20(10)19-7/h2-5,18H,6H2,1H3. The van der Waals surface area contributed by atoms with Crippen molar-refractivity contribution in [3.05, 3.63) is 35.8 Å². The zero-order chi connectivity index (χ0) is 14.5. The number of hydrogen-bond donors (Lipinski definition) is 1. The van der Waals surface area contributed by atoms with E-state index in [4.69, 9.17) is 0 Å². The number of nitrogens with zero attached hydrogens (tertiary/aromatic N) is 3. The summed E-state index contributed by atoms with van der Waals surface area (Å²) >= 11 is 0. The highest BCUT2D eigenvalue weighted by Gasteiger charge is 2.48. The van der Waals surface area contributed by atoms with Gasteiger partial charge in [-0.3, -0.25) is 4.98 Å². The Bertz CT molecular complexity index is 664. The van der Waals surface area contributed by atoms with Crippen molar-refractivity contribution in [3.8, 4) is 5.69 Å². The fourth-order valence-electron chi connectivity index (χ4n) is 2.35. The van der Waals surface area contributed by atoms with Crippen LogP contribution in [0.1, 0.15) is 17.7 Å². The molecule has 3 heterocycles. The minimum Gasteiger partial charge on any atom is -0.334 e. The fraction of sp³-hybridized carbons (Fsp3) is 0.333. The number of anilines is 1. The molecule has 2 aromatic rings. The summed E-state index contributed by atoms with van der Waals surface area (Å²) < 4.78 is 54.1. The summed E-state index contributed by atoms with van der Waals surface area (Å²) in [5, 5.41) is 6.41. The Hall–Kier alpha value is -2.12. The highest BCUT2D eigenvalue weighted by Crippen LogP contribution is 2.44. The number of nitrogens with one attached hydrogen (secondary N) is 1. The van der Waals surface area contributed by atoms with Crippen LogP contribution in [0, 0.1) is 6.92 Å². The molecule has 4 nitrogen and oxygen atoms in total. The maximum Gasteiger partial charge on any atom is 0.394 e. The molecule has 8 heteroatoms. The van der Waals surface area contributed by atoms with Crippen molar-refractivity contribution in [2.75, 3.05) is 5.32 Å². The number of alkyl halides is 4. The first kappa shape index (κ1) is 12.9. The van der Waals surface area contributed by atoms with E-state index in [9.17, 15) is 17.6 Å². The second-order valence-corrected chi connectivity index (χ2v) is 4.69. The number of rotatable bonds is 1. The molecule has 2 aromatic heterocycles. The van der Waals surface area contributed by atoms with Crippen molar-refractivity contribution in [1.82, 2.24) is 14.8 Å². The van der Waals surface area contributed by atoms with Gasteiger partial charge in [-0.2, -0.15) is 18.3 Å². The van der Waals surface area contributed by atoms with E-state index in [0.29, 0.717) is 5.69 Å². The van der Waals surface area contributed by atoms with E-state index in [-0.39, 0.29) is 17.1 Å². The maximum atomic E-state index is 14.8. The van der Waals surface area contributed by atoms with Crippen LogP contribution in [-0.2, 0) is 5.79 Å². The van der Waals surface area contributed by atoms with Gasteiger partial charge in [-0.15, -0.1) is 0 Å². The molecule has 0 aromatic carbocycles. The molecule has 0 radical (unpaired) electrons. The molecule has 0 aliphatic carbocycles. The Kier molecular flexibility index (Phi) is 2.54. The summed E-state index contributed by atoms with van der Waals surface area (Å²) in [7, 11) is 0. The molecule has 1 aliphatic rings. The topological polar surface area (TPSA) is 42.7 Å². The molecule has 1 atom stereocenters. The lowest BCUT2D eigenvalue weighted by Gasteiger charge is -2.34. The molecule has 0 saturated heterocycles. The van der Waals surface area contributed by atoms with Crippen LogP contribution in [0.3, 0.4) is 0 Å². The van der Waals surface area contributed by atoms with E-state index >= 15 is 0 Å². The van der Waals surface area contributed by atoms with Crippen molar-refractivity contribution in [2.24, 2.45) is 0 Å². The van der Waals surface area contributed by atoms with Gasteiger partial charge in [0.05, 0.1) is 17.6 Å². The van der Waals surface area contributed by atoms with Gasteiger partial charge in [-0.1, -0.05) is 0 Å². The zero-order valence-electron chi connectivity index (χ0n) is 10.4. The van der Waals surface area contributed by atoms with Crippen LogP contribution in [-0.4, -0.2) is 20.9 Å². The summed E-state index contributed by atoms with van der Waals surface area (Å²) in [5.41, 5.74) is 0.653. The Balaban J connectivity index is 2.17. The molecule has 0 fully saturated rings. The number of aryl methyl sites for hydroxylation is 1. The van der Waals surface area contributed by atoms with Gasteiger partial charge >= 0.3 is 6.18 Å². The molecule has 1 aliphatic heterocycles. The molecule has 20 heavy (non-hydrogen) atoms.